The molecule has 0 spiro atoms. The Kier molecular flexibility index (Phi) is 4.86. The predicted molar refractivity (Wildman–Crippen MR) is 83.0 cm³/mol. The lowest BCUT2D eigenvalue weighted by Gasteiger charge is -2.19. The van der Waals surface area contributed by atoms with Gasteiger partial charge in [-0.05, 0) is 42.4 Å². The van der Waals surface area contributed by atoms with Crippen molar-refractivity contribution in [3.05, 3.63) is 63.1 Å². The fourth-order valence-electron chi connectivity index (χ4n) is 2.06. The van der Waals surface area contributed by atoms with Gasteiger partial charge in [-0.1, -0.05) is 45.7 Å². The van der Waals surface area contributed by atoms with Gasteiger partial charge in [-0.3, -0.25) is 0 Å². The van der Waals surface area contributed by atoms with Crippen molar-refractivity contribution in [1.82, 2.24) is 5.32 Å². The van der Waals surface area contributed by atoms with E-state index in [0.29, 0.717) is 0 Å². The standard InChI is InChI=1S/C15H15BrClNO/c1-18-15(10-4-3-5-11(17)8-10)13-7-6-12(19-2)9-14(13)16/h3-9,15,18H,1-2H3. The normalized spacial score (nSPS) is 12.2. The number of hydrogen-bond donors (Lipinski definition) is 1. The molecule has 2 aromatic carbocycles. The molecule has 0 saturated carbocycles. The van der Waals surface area contributed by atoms with E-state index in [9.17, 15) is 0 Å². The van der Waals surface area contributed by atoms with Crippen LogP contribution < -0.4 is 10.1 Å². The Morgan fingerprint density at radius 3 is 2.58 bits per heavy atom. The quantitative estimate of drug-likeness (QED) is 0.889. The summed E-state index contributed by atoms with van der Waals surface area (Å²) in [6, 6.07) is 13.9. The van der Waals surface area contributed by atoms with Crippen LogP contribution in [0.15, 0.2) is 46.9 Å². The molecular weight excluding hydrogens is 326 g/mol. The number of benzene rings is 2. The molecule has 4 heteroatoms. The van der Waals surface area contributed by atoms with Crippen molar-refractivity contribution in [2.24, 2.45) is 0 Å². The van der Waals surface area contributed by atoms with Gasteiger partial charge in [0.1, 0.15) is 5.75 Å². The lowest BCUT2D eigenvalue weighted by Crippen LogP contribution is -2.18. The predicted octanol–water partition coefficient (Wildman–Crippen LogP) is 4.42. The summed E-state index contributed by atoms with van der Waals surface area (Å²) in [5.74, 6) is 0.830. The average Bonchev–Trinajstić information content (AvgIpc) is 2.41. The maximum atomic E-state index is 6.06. The molecule has 0 saturated heterocycles. The van der Waals surface area contributed by atoms with E-state index in [1.807, 2.05) is 43.4 Å². The minimum Gasteiger partial charge on any atom is -0.497 e. The molecule has 1 N–H and O–H groups in total. The monoisotopic (exact) mass is 339 g/mol. The summed E-state index contributed by atoms with van der Waals surface area (Å²) in [6.07, 6.45) is 0. The molecule has 0 fully saturated rings. The summed E-state index contributed by atoms with van der Waals surface area (Å²) >= 11 is 9.65. The molecule has 0 amide bonds. The van der Waals surface area contributed by atoms with Gasteiger partial charge in [-0.2, -0.15) is 0 Å². The van der Waals surface area contributed by atoms with Crippen LogP contribution in [-0.4, -0.2) is 14.2 Å². The Hall–Kier alpha value is -1.03. The zero-order valence-electron chi connectivity index (χ0n) is 10.8. The van der Waals surface area contributed by atoms with Gasteiger partial charge >= 0.3 is 0 Å². The third-order valence-corrected chi connectivity index (χ3v) is 3.91. The molecule has 0 radical (unpaired) electrons. The first-order valence-electron chi connectivity index (χ1n) is 5.92. The molecule has 1 unspecified atom stereocenters. The van der Waals surface area contributed by atoms with Crippen LogP contribution in [0, 0.1) is 0 Å². The van der Waals surface area contributed by atoms with E-state index in [4.69, 9.17) is 16.3 Å². The average molecular weight is 341 g/mol. The van der Waals surface area contributed by atoms with Gasteiger partial charge in [-0.25, -0.2) is 0 Å². The van der Waals surface area contributed by atoms with Crippen molar-refractivity contribution in [1.29, 1.82) is 0 Å². The van der Waals surface area contributed by atoms with Gasteiger partial charge in [0.05, 0.1) is 13.2 Å². The summed E-state index contributed by atoms with van der Waals surface area (Å²) in [6.45, 7) is 0. The Bertz CT molecular complexity index is 574. The molecule has 0 heterocycles. The highest BCUT2D eigenvalue weighted by Crippen LogP contribution is 2.32. The molecule has 0 aliphatic carbocycles. The van der Waals surface area contributed by atoms with Crippen LogP contribution in [0.5, 0.6) is 5.75 Å². The molecule has 0 bridgehead atoms. The third-order valence-electron chi connectivity index (χ3n) is 2.99. The van der Waals surface area contributed by atoms with Crippen LogP contribution >= 0.6 is 27.5 Å². The summed E-state index contributed by atoms with van der Waals surface area (Å²) in [5, 5.41) is 4.05. The van der Waals surface area contributed by atoms with Crippen LogP contribution in [0.2, 0.25) is 5.02 Å². The first-order chi connectivity index (χ1) is 9.15. The van der Waals surface area contributed by atoms with Gasteiger partial charge in [0.15, 0.2) is 0 Å². The van der Waals surface area contributed by atoms with E-state index < -0.39 is 0 Å². The van der Waals surface area contributed by atoms with Crippen molar-refractivity contribution in [2.75, 3.05) is 14.2 Å². The van der Waals surface area contributed by atoms with E-state index in [1.165, 1.54) is 0 Å². The molecule has 2 nitrogen and oxygen atoms in total. The SMILES string of the molecule is CNC(c1cccc(Cl)c1)c1ccc(OC)cc1Br. The fraction of sp³-hybridized carbons (Fsp3) is 0.200. The molecule has 0 aliphatic rings. The number of methoxy groups -OCH3 is 1. The Morgan fingerprint density at radius 2 is 2.00 bits per heavy atom. The highest BCUT2D eigenvalue weighted by molar-refractivity contribution is 9.10. The van der Waals surface area contributed by atoms with Crippen molar-refractivity contribution < 1.29 is 4.74 Å². The summed E-state index contributed by atoms with van der Waals surface area (Å²) in [5.41, 5.74) is 2.27. The van der Waals surface area contributed by atoms with Crippen LogP contribution in [0.25, 0.3) is 0 Å². The second-order valence-electron chi connectivity index (χ2n) is 4.16. The van der Waals surface area contributed by atoms with E-state index in [1.54, 1.807) is 7.11 Å². The molecule has 1 atom stereocenters. The summed E-state index contributed by atoms with van der Waals surface area (Å²) < 4.78 is 6.22. The highest BCUT2D eigenvalue weighted by Gasteiger charge is 2.15. The molecular formula is C15H15BrClNO. The maximum absolute atomic E-state index is 6.06. The third kappa shape index (κ3) is 3.30. The van der Waals surface area contributed by atoms with Gasteiger partial charge in [0.2, 0.25) is 0 Å². The second-order valence-corrected chi connectivity index (χ2v) is 5.45. The largest absolute Gasteiger partial charge is 0.497 e. The summed E-state index contributed by atoms with van der Waals surface area (Å²) in [4.78, 5) is 0. The number of ether oxygens (including phenoxy) is 1. The molecule has 19 heavy (non-hydrogen) atoms. The fourth-order valence-corrected chi connectivity index (χ4v) is 2.84. The topological polar surface area (TPSA) is 21.3 Å². The zero-order valence-corrected chi connectivity index (χ0v) is 13.1. The first kappa shape index (κ1) is 14.4. The van der Waals surface area contributed by atoms with Crippen molar-refractivity contribution in [3.8, 4) is 5.75 Å². The molecule has 2 rings (SSSR count). The number of rotatable bonds is 4. The smallest absolute Gasteiger partial charge is 0.120 e. The van der Waals surface area contributed by atoms with E-state index in [-0.39, 0.29) is 6.04 Å². The molecule has 0 aliphatic heterocycles. The number of hydrogen-bond acceptors (Lipinski definition) is 2. The Morgan fingerprint density at radius 1 is 1.21 bits per heavy atom. The van der Waals surface area contributed by atoms with Crippen molar-refractivity contribution in [3.63, 3.8) is 0 Å². The lowest BCUT2D eigenvalue weighted by atomic mass is 9.99. The highest BCUT2D eigenvalue weighted by atomic mass is 79.9. The molecule has 100 valence electrons. The molecule has 0 aromatic heterocycles. The van der Waals surface area contributed by atoms with Crippen LogP contribution in [0.1, 0.15) is 17.2 Å². The van der Waals surface area contributed by atoms with Gasteiger partial charge < -0.3 is 10.1 Å². The maximum Gasteiger partial charge on any atom is 0.120 e. The van der Waals surface area contributed by atoms with Crippen molar-refractivity contribution >= 4 is 27.5 Å². The van der Waals surface area contributed by atoms with E-state index in [2.05, 4.69) is 27.3 Å². The van der Waals surface area contributed by atoms with Gasteiger partial charge in [0.25, 0.3) is 0 Å². The number of nitrogens with one attached hydrogen (secondary N) is 1. The summed E-state index contributed by atoms with van der Waals surface area (Å²) in [7, 11) is 3.59. The second kappa shape index (κ2) is 6.42. The lowest BCUT2D eigenvalue weighted by molar-refractivity contribution is 0.414. The Balaban J connectivity index is 2.42. The van der Waals surface area contributed by atoms with Gasteiger partial charge in [0, 0.05) is 9.50 Å². The Labute approximate surface area is 126 Å². The van der Waals surface area contributed by atoms with Crippen LogP contribution in [0.3, 0.4) is 0 Å². The molecule has 2 aromatic rings. The zero-order chi connectivity index (χ0) is 13.8. The van der Waals surface area contributed by atoms with Crippen molar-refractivity contribution in [2.45, 2.75) is 6.04 Å². The minimum atomic E-state index is 0.0824. The van der Waals surface area contributed by atoms with Gasteiger partial charge in [-0.15, -0.1) is 0 Å². The van der Waals surface area contributed by atoms with Crippen LogP contribution in [-0.2, 0) is 0 Å². The minimum absolute atomic E-state index is 0.0824. The van der Waals surface area contributed by atoms with E-state index in [0.717, 1.165) is 26.4 Å². The first-order valence-corrected chi connectivity index (χ1v) is 7.09. The van der Waals surface area contributed by atoms with Crippen LogP contribution in [0.4, 0.5) is 0 Å². The van der Waals surface area contributed by atoms with E-state index >= 15 is 0 Å². The number of halogens is 2.